The van der Waals surface area contributed by atoms with E-state index < -0.39 is 0 Å². The molecule has 0 aromatic carbocycles. The summed E-state index contributed by atoms with van der Waals surface area (Å²) in [5, 5.41) is 4.89. The van der Waals surface area contributed by atoms with E-state index in [1.807, 2.05) is 76.3 Å². The standard InChI is InChI=1S/C30H39ClN2OS/c1-9-15-19-25(31)20-22(7)35-30-27(14-6)28(29(34)32-26(13-5)18-12-4)23(8)33(30)21-24(16-10-2)17-11-3/h9-13,15-20,22H,1-2,14,21H2,3-8H3,(H,32,34)/b17-11-,18-12-,19-15-,24-16+,25-20+,26-13+. The first-order valence-corrected chi connectivity index (χ1v) is 13.1. The Labute approximate surface area is 221 Å². The third-order valence-corrected chi connectivity index (χ3v) is 6.65. The zero-order valence-electron chi connectivity index (χ0n) is 21.9. The van der Waals surface area contributed by atoms with Crippen molar-refractivity contribution in [1.82, 2.24) is 9.88 Å². The predicted molar refractivity (Wildman–Crippen MR) is 156 cm³/mol. The number of thioether (sulfide) groups is 1. The van der Waals surface area contributed by atoms with Gasteiger partial charge in [0.15, 0.2) is 0 Å². The van der Waals surface area contributed by atoms with Gasteiger partial charge in [0.25, 0.3) is 5.91 Å². The Balaban J connectivity index is 3.67. The molecule has 0 saturated heterocycles. The minimum atomic E-state index is -0.0958. The van der Waals surface area contributed by atoms with E-state index >= 15 is 0 Å². The van der Waals surface area contributed by atoms with Crippen LogP contribution in [0.2, 0.25) is 0 Å². The van der Waals surface area contributed by atoms with Gasteiger partial charge >= 0.3 is 0 Å². The van der Waals surface area contributed by atoms with Crippen LogP contribution in [0.5, 0.6) is 0 Å². The SMILES string of the molecule is C=C/C=C\C(Cl)=C/C(C)Sc1c(CC)c(C(=O)NC(/C=C\C)=C/C)c(C)n1CC(/C=C\C)=C/C=C. The summed E-state index contributed by atoms with van der Waals surface area (Å²) in [6.45, 7) is 20.3. The molecule has 0 radical (unpaired) electrons. The van der Waals surface area contributed by atoms with Gasteiger partial charge < -0.3 is 9.88 Å². The second kappa shape index (κ2) is 16.1. The summed E-state index contributed by atoms with van der Waals surface area (Å²) in [6, 6.07) is 0. The van der Waals surface area contributed by atoms with Crippen LogP contribution in [0.25, 0.3) is 0 Å². The number of hydrogen-bond acceptors (Lipinski definition) is 2. The molecule has 0 bridgehead atoms. The van der Waals surface area contributed by atoms with Crippen LogP contribution < -0.4 is 5.32 Å². The molecule has 0 aliphatic rings. The summed E-state index contributed by atoms with van der Waals surface area (Å²) in [5.74, 6) is -0.0958. The molecule has 1 unspecified atom stereocenters. The Bertz CT molecular complexity index is 1080. The highest BCUT2D eigenvalue weighted by atomic mass is 35.5. The summed E-state index contributed by atoms with van der Waals surface area (Å²) < 4.78 is 2.23. The number of allylic oxidation sites excluding steroid dienone is 12. The van der Waals surface area contributed by atoms with E-state index in [1.54, 1.807) is 23.9 Å². The monoisotopic (exact) mass is 510 g/mol. The molecule has 1 amide bonds. The van der Waals surface area contributed by atoms with Crippen LogP contribution in [-0.2, 0) is 13.0 Å². The Morgan fingerprint density at radius 2 is 1.83 bits per heavy atom. The van der Waals surface area contributed by atoms with Crippen molar-refractivity contribution in [2.24, 2.45) is 0 Å². The number of hydrogen-bond donors (Lipinski definition) is 1. The van der Waals surface area contributed by atoms with Gasteiger partial charge in [-0.1, -0.05) is 86.4 Å². The highest BCUT2D eigenvalue weighted by Crippen LogP contribution is 2.36. The molecule has 3 nitrogen and oxygen atoms in total. The van der Waals surface area contributed by atoms with Crippen LogP contribution in [0.1, 0.15) is 56.2 Å². The summed E-state index contributed by atoms with van der Waals surface area (Å²) in [5.41, 5.74) is 4.59. The first-order valence-electron chi connectivity index (χ1n) is 11.9. The first kappa shape index (κ1) is 30.3. The maximum Gasteiger partial charge on any atom is 0.257 e. The normalized spacial score (nSPS) is 14.3. The van der Waals surface area contributed by atoms with E-state index in [2.05, 4.69) is 43.0 Å². The van der Waals surface area contributed by atoms with Gasteiger partial charge in [-0.2, -0.15) is 0 Å². The zero-order chi connectivity index (χ0) is 26.4. The lowest BCUT2D eigenvalue weighted by molar-refractivity contribution is 0.0965. The van der Waals surface area contributed by atoms with Gasteiger partial charge in [0.05, 0.1) is 10.6 Å². The topological polar surface area (TPSA) is 34.0 Å². The fourth-order valence-corrected chi connectivity index (χ4v) is 5.29. The number of halogens is 1. The third-order valence-electron chi connectivity index (χ3n) is 5.20. The van der Waals surface area contributed by atoms with Crippen LogP contribution in [0.3, 0.4) is 0 Å². The highest BCUT2D eigenvalue weighted by Gasteiger charge is 2.25. The van der Waals surface area contributed by atoms with Crippen molar-refractivity contribution in [3.05, 3.63) is 113 Å². The van der Waals surface area contributed by atoms with Crippen LogP contribution in [-0.4, -0.2) is 15.7 Å². The number of carbonyl (C=O) groups excluding carboxylic acids is 1. The van der Waals surface area contributed by atoms with E-state index in [0.29, 0.717) is 11.6 Å². The van der Waals surface area contributed by atoms with Crippen LogP contribution in [0.4, 0.5) is 0 Å². The van der Waals surface area contributed by atoms with E-state index in [1.165, 1.54) is 0 Å². The molecular formula is C30H39ClN2OS. The van der Waals surface area contributed by atoms with Crippen molar-refractivity contribution >= 4 is 29.3 Å². The van der Waals surface area contributed by atoms with Gasteiger partial charge in [0.1, 0.15) is 0 Å². The van der Waals surface area contributed by atoms with E-state index in [0.717, 1.165) is 39.5 Å². The third kappa shape index (κ3) is 9.12. The number of nitrogens with one attached hydrogen (secondary N) is 1. The number of carbonyl (C=O) groups is 1. The van der Waals surface area contributed by atoms with Gasteiger partial charge in [-0.25, -0.2) is 0 Å². The predicted octanol–water partition coefficient (Wildman–Crippen LogP) is 8.60. The van der Waals surface area contributed by atoms with Gasteiger partial charge in [0.2, 0.25) is 0 Å². The quantitative estimate of drug-likeness (QED) is 0.213. The van der Waals surface area contributed by atoms with E-state index in [9.17, 15) is 4.79 Å². The molecule has 1 aromatic heterocycles. The van der Waals surface area contributed by atoms with Gasteiger partial charge in [-0.3, -0.25) is 4.79 Å². The van der Waals surface area contributed by atoms with Crippen molar-refractivity contribution in [1.29, 1.82) is 0 Å². The molecule has 1 aromatic rings. The molecule has 5 heteroatoms. The number of aromatic nitrogens is 1. The molecule has 0 aliphatic heterocycles. The maximum absolute atomic E-state index is 13.5. The molecule has 0 fully saturated rings. The zero-order valence-corrected chi connectivity index (χ0v) is 23.5. The Hall–Kier alpha value is -2.69. The number of amides is 1. The van der Waals surface area contributed by atoms with Crippen molar-refractivity contribution in [2.45, 2.75) is 64.8 Å². The summed E-state index contributed by atoms with van der Waals surface area (Å²) in [6.07, 6.45) is 21.7. The molecule has 188 valence electrons. The van der Waals surface area contributed by atoms with E-state index in [4.69, 9.17) is 11.6 Å². The average molecular weight is 511 g/mol. The second-order valence-electron chi connectivity index (χ2n) is 7.83. The van der Waals surface area contributed by atoms with Crippen LogP contribution in [0, 0.1) is 6.92 Å². The Morgan fingerprint density at radius 1 is 1.14 bits per heavy atom. The van der Waals surface area contributed by atoms with Crippen molar-refractivity contribution < 1.29 is 4.79 Å². The molecule has 1 atom stereocenters. The van der Waals surface area contributed by atoms with Gasteiger partial charge in [-0.05, 0) is 64.3 Å². The number of rotatable bonds is 13. The van der Waals surface area contributed by atoms with Crippen molar-refractivity contribution in [3.8, 4) is 0 Å². The molecule has 35 heavy (non-hydrogen) atoms. The average Bonchev–Trinajstić information content (AvgIpc) is 3.07. The largest absolute Gasteiger partial charge is 0.335 e. The molecule has 0 saturated carbocycles. The molecule has 1 N–H and O–H groups in total. The van der Waals surface area contributed by atoms with Crippen LogP contribution >= 0.6 is 23.4 Å². The molecular weight excluding hydrogens is 472 g/mol. The summed E-state index contributed by atoms with van der Waals surface area (Å²) in [4.78, 5) is 13.5. The molecule has 0 spiro atoms. The number of nitrogens with zero attached hydrogens (tertiary/aromatic N) is 1. The molecule has 1 rings (SSSR count). The minimum Gasteiger partial charge on any atom is -0.335 e. The van der Waals surface area contributed by atoms with E-state index in [-0.39, 0.29) is 11.2 Å². The van der Waals surface area contributed by atoms with Crippen LogP contribution in [0.15, 0.2) is 101 Å². The highest BCUT2D eigenvalue weighted by molar-refractivity contribution is 8.00. The lowest BCUT2D eigenvalue weighted by Crippen LogP contribution is -2.23. The Morgan fingerprint density at radius 3 is 2.37 bits per heavy atom. The Kier molecular flexibility index (Phi) is 13.9. The summed E-state index contributed by atoms with van der Waals surface area (Å²) in [7, 11) is 0. The fourth-order valence-electron chi connectivity index (χ4n) is 3.67. The lowest BCUT2D eigenvalue weighted by Gasteiger charge is -2.15. The fraction of sp³-hybridized carbons (Fsp3) is 0.300. The van der Waals surface area contributed by atoms with Gasteiger partial charge in [-0.15, -0.1) is 11.8 Å². The smallest absolute Gasteiger partial charge is 0.257 e. The van der Waals surface area contributed by atoms with Crippen molar-refractivity contribution in [3.63, 3.8) is 0 Å². The van der Waals surface area contributed by atoms with Gasteiger partial charge in [0, 0.05) is 28.2 Å². The lowest BCUT2D eigenvalue weighted by atomic mass is 10.1. The minimum absolute atomic E-state index is 0.0916. The van der Waals surface area contributed by atoms with Crippen molar-refractivity contribution in [2.75, 3.05) is 0 Å². The molecule has 1 heterocycles. The molecule has 0 aliphatic carbocycles. The maximum atomic E-state index is 13.5. The summed E-state index contributed by atoms with van der Waals surface area (Å²) >= 11 is 8.10. The second-order valence-corrected chi connectivity index (χ2v) is 9.63. The first-order chi connectivity index (χ1) is 16.8.